The predicted octanol–water partition coefficient (Wildman–Crippen LogP) is 3.67. The number of amides is 1. The van der Waals surface area contributed by atoms with Gasteiger partial charge >= 0.3 is 5.91 Å². The fraction of sp³-hybridized carbons (Fsp3) is 0.524. The first-order valence-electron chi connectivity index (χ1n) is 9.68. The summed E-state index contributed by atoms with van der Waals surface area (Å²) in [6, 6.07) is 10.8. The van der Waals surface area contributed by atoms with E-state index >= 15 is 0 Å². The number of nitrogens with zero attached hydrogens (tertiary/aromatic N) is 3. The summed E-state index contributed by atoms with van der Waals surface area (Å²) in [6.07, 6.45) is 3.07. The van der Waals surface area contributed by atoms with Crippen LogP contribution in [0.1, 0.15) is 60.4 Å². The van der Waals surface area contributed by atoms with E-state index in [1.54, 1.807) is 0 Å². The van der Waals surface area contributed by atoms with Gasteiger partial charge in [-0.25, -0.2) is 4.98 Å². The van der Waals surface area contributed by atoms with Crippen LogP contribution < -0.4 is 0 Å². The number of aromatic nitrogens is 1. The van der Waals surface area contributed by atoms with Crippen LogP contribution in [-0.4, -0.2) is 40.3 Å². The molecule has 0 saturated carbocycles. The van der Waals surface area contributed by atoms with E-state index in [0.717, 1.165) is 50.5 Å². The molecule has 2 aliphatic heterocycles. The smallest absolute Gasteiger partial charge is 0.309 e. The van der Waals surface area contributed by atoms with E-state index in [0.29, 0.717) is 12.0 Å². The maximum absolute atomic E-state index is 12.8. The molecule has 2 aliphatic rings. The van der Waals surface area contributed by atoms with E-state index in [-0.39, 0.29) is 11.8 Å². The number of piperidine rings is 1. The molecular formula is C21H27N3O2. The van der Waals surface area contributed by atoms with Crippen molar-refractivity contribution in [3.05, 3.63) is 53.2 Å². The maximum Gasteiger partial charge on any atom is 0.309 e. The third-order valence-electron chi connectivity index (χ3n) is 5.71. The molecular weight excluding hydrogens is 326 g/mol. The summed E-state index contributed by atoms with van der Waals surface area (Å²) < 4.78 is 5.86. The van der Waals surface area contributed by atoms with Crippen LogP contribution in [0.5, 0.6) is 0 Å². The molecule has 0 unspecified atom stereocenters. The first kappa shape index (κ1) is 17.3. The summed E-state index contributed by atoms with van der Waals surface area (Å²) in [4.78, 5) is 21.6. The van der Waals surface area contributed by atoms with Gasteiger partial charge in [-0.05, 0) is 31.2 Å². The molecule has 0 bridgehead atoms. The Bertz CT molecular complexity index is 771. The van der Waals surface area contributed by atoms with E-state index in [9.17, 15) is 4.79 Å². The molecule has 0 N–H and O–H groups in total. The molecule has 138 valence electrons. The SMILES string of the molecule is C[C@H]1CCCN(C(=O)c2nc3c(o2)CCN([C@H](C)c2ccccc2)C3)C1. The molecule has 0 spiro atoms. The molecule has 1 saturated heterocycles. The number of rotatable bonds is 3. The number of hydrogen-bond acceptors (Lipinski definition) is 4. The molecule has 4 rings (SSSR count). The highest BCUT2D eigenvalue weighted by molar-refractivity contribution is 5.89. The van der Waals surface area contributed by atoms with E-state index in [2.05, 4.69) is 48.0 Å². The summed E-state index contributed by atoms with van der Waals surface area (Å²) in [7, 11) is 0. The zero-order valence-corrected chi connectivity index (χ0v) is 15.6. The molecule has 1 amide bonds. The molecule has 1 fully saturated rings. The van der Waals surface area contributed by atoms with Gasteiger partial charge in [0.1, 0.15) is 5.76 Å². The predicted molar refractivity (Wildman–Crippen MR) is 99.8 cm³/mol. The third kappa shape index (κ3) is 3.40. The van der Waals surface area contributed by atoms with Crippen molar-refractivity contribution in [2.45, 2.75) is 45.7 Å². The topological polar surface area (TPSA) is 49.6 Å². The van der Waals surface area contributed by atoms with Crippen LogP contribution >= 0.6 is 0 Å². The van der Waals surface area contributed by atoms with Crippen molar-refractivity contribution in [2.75, 3.05) is 19.6 Å². The molecule has 0 aliphatic carbocycles. The van der Waals surface area contributed by atoms with Crippen LogP contribution in [0, 0.1) is 5.92 Å². The molecule has 1 aromatic heterocycles. The molecule has 5 heteroatoms. The number of fused-ring (bicyclic) bond motifs is 1. The minimum atomic E-state index is -0.0476. The molecule has 3 heterocycles. The second-order valence-corrected chi connectivity index (χ2v) is 7.69. The van der Waals surface area contributed by atoms with Gasteiger partial charge in [0.05, 0.1) is 5.69 Å². The first-order valence-corrected chi connectivity index (χ1v) is 9.68. The highest BCUT2D eigenvalue weighted by atomic mass is 16.4. The Morgan fingerprint density at radius 2 is 2.08 bits per heavy atom. The molecule has 1 aromatic carbocycles. The van der Waals surface area contributed by atoms with Crippen LogP contribution in [0.2, 0.25) is 0 Å². The van der Waals surface area contributed by atoms with Gasteiger partial charge in [-0.15, -0.1) is 0 Å². The zero-order chi connectivity index (χ0) is 18.1. The lowest BCUT2D eigenvalue weighted by Gasteiger charge is -2.31. The van der Waals surface area contributed by atoms with Gasteiger partial charge in [-0.1, -0.05) is 37.3 Å². The van der Waals surface area contributed by atoms with Crippen LogP contribution in [0.25, 0.3) is 0 Å². The third-order valence-corrected chi connectivity index (χ3v) is 5.71. The van der Waals surface area contributed by atoms with Crippen molar-refractivity contribution in [1.29, 1.82) is 0 Å². The molecule has 2 atom stereocenters. The Morgan fingerprint density at radius 3 is 2.85 bits per heavy atom. The fourth-order valence-electron chi connectivity index (χ4n) is 4.09. The second-order valence-electron chi connectivity index (χ2n) is 7.69. The number of hydrogen-bond donors (Lipinski definition) is 0. The van der Waals surface area contributed by atoms with Gasteiger partial charge in [0, 0.05) is 38.6 Å². The number of likely N-dealkylation sites (tertiary alicyclic amines) is 1. The van der Waals surface area contributed by atoms with Crippen molar-refractivity contribution in [2.24, 2.45) is 5.92 Å². The summed E-state index contributed by atoms with van der Waals surface area (Å²) in [5.41, 5.74) is 2.23. The lowest BCUT2D eigenvalue weighted by Crippen LogP contribution is -2.39. The highest BCUT2D eigenvalue weighted by Gasteiger charge is 2.30. The average molecular weight is 353 g/mol. The summed E-state index contributed by atoms with van der Waals surface area (Å²) in [6.45, 7) is 7.70. The van der Waals surface area contributed by atoms with Crippen LogP contribution in [0.15, 0.2) is 34.7 Å². The van der Waals surface area contributed by atoms with Gasteiger partial charge in [0.25, 0.3) is 5.89 Å². The number of oxazole rings is 1. The van der Waals surface area contributed by atoms with Gasteiger partial charge < -0.3 is 9.32 Å². The van der Waals surface area contributed by atoms with Crippen molar-refractivity contribution < 1.29 is 9.21 Å². The monoisotopic (exact) mass is 353 g/mol. The Morgan fingerprint density at radius 1 is 1.27 bits per heavy atom. The van der Waals surface area contributed by atoms with E-state index in [1.165, 1.54) is 12.0 Å². The lowest BCUT2D eigenvalue weighted by molar-refractivity contribution is 0.0640. The minimum Gasteiger partial charge on any atom is -0.437 e. The van der Waals surface area contributed by atoms with Crippen molar-refractivity contribution in [1.82, 2.24) is 14.8 Å². The molecule has 0 radical (unpaired) electrons. The largest absolute Gasteiger partial charge is 0.437 e. The van der Waals surface area contributed by atoms with Crippen LogP contribution in [0.4, 0.5) is 0 Å². The first-order chi connectivity index (χ1) is 12.6. The maximum atomic E-state index is 12.8. The molecule has 2 aromatic rings. The average Bonchev–Trinajstić information content (AvgIpc) is 3.10. The number of carbonyl (C=O) groups excluding carboxylic acids is 1. The Labute approximate surface area is 155 Å². The molecule has 26 heavy (non-hydrogen) atoms. The van der Waals surface area contributed by atoms with Crippen LogP contribution in [-0.2, 0) is 13.0 Å². The van der Waals surface area contributed by atoms with Gasteiger partial charge in [-0.2, -0.15) is 0 Å². The zero-order valence-electron chi connectivity index (χ0n) is 15.6. The van der Waals surface area contributed by atoms with Crippen molar-refractivity contribution in [3.63, 3.8) is 0 Å². The highest BCUT2D eigenvalue weighted by Crippen LogP contribution is 2.28. The van der Waals surface area contributed by atoms with E-state index in [1.807, 2.05) is 11.0 Å². The fourth-order valence-corrected chi connectivity index (χ4v) is 4.09. The van der Waals surface area contributed by atoms with Crippen molar-refractivity contribution in [3.8, 4) is 0 Å². The quantitative estimate of drug-likeness (QED) is 0.845. The van der Waals surface area contributed by atoms with E-state index in [4.69, 9.17) is 4.42 Å². The summed E-state index contributed by atoms with van der Waals surface area (Å²) >= 11 is 0. The number of carbonyl (C=O) groups is 1. The Hall–Kier alpha value is -2.14. The van der Waals surface area contributed by atoms with Gasteiger partial charge in [0.15, 0.2) is 0 Å². The van der Waals surface area contributed by atoms with Gasteiger partial charge in [-0.3, -0.25) is 9.69 Å². The Kier molecular flexibility index (Phi) is 4.81. The molecule has 5 nitrogen and oxygen atoms in total. The minimum absolute atomic E-state index is 0.0476. The van der Waals surface area contributed by atoms with E-state index < -0.39 is 0 Å². The van der Waals surface area contributed by atoms with Crippen molar-refractivity contribution >= 4 is 5.91 Å². The summed E-state index contributed by atoms with van der Waals surface area (Å²) in [5, 5.41) is 0. The summed E-state index contributed by atoms with van der Waals surface area (Å²) in [5.74, 6) is 1.67. The normalized spacial score (nSPS) is 22.1. The second kappa shape index (κ2) is 7.23. The Balaban J connectivity index is 1.48. The lowest BCUT2D eigenvalue weighted by atomic mass is 10.0. The van der Waals surface area contributed by atoms with Crippen LogP contribution in [0.3, 0.4) is 0 Å². The number of benzene rings is 1. The standard InChI is InChI=1S/C21H27N3O2/c1-15-7-6-11-24(13-15)21(25)20-22-18-14-23(12-10-19(18)26-20)16(2)17-8-4-3-5-9-17/h3-5,8-9,15-16H,6-7,10-14H2,1-2H3/t15-,16+/m0/s1. The van der Waals surface area contributed by atoms with Gasteiger partial charge in [0.2, 0.25) is 0 Å².